The predicted octanol–water partition coefficient (Wildman–Crippen LogP) is 2.74. The molecule has 0 amide bonds. The Morgan fingerprint density at radius 1 is 0.909 bits per heavy atom. The van der Waals surface area contributed by atoms with Gasteiger partial charge in [-0.1, -0.05) is 45.4 Å². The van der Waals surface area contributed by atoms with Gasteiger partial charge in [0.05, 0.1) is 6.61 Å². The molecule has 0 saturated carbocycles. The highest BCUT2D eigenvalue weighted by Gasteiger charge is 1.89. The van der Waals surface area contributed by atoms with E-state index in [1.165, 1.54) is 38.5 Å². The van der Waals surface area contributed by atoms with E-state index in [0.29, 0.717) is 6.61 Å². The average Bonchev–Trinajstić information content (AvgIpc) is 2.03. The standard InChI is InChI=1S/C9H19NO/c1-2-3-4-5-6-7-8-9-11-10/h2-9H2,1H3. The molecule has 0 fully saturated rings. The monoisotopic (exact) mass is 157 g/mol. The fraction of sp³-hybridized carbons (Fsp3) is 1.00. The minimum atomic E-state index is 0.494. The highest BCUT2D eigenvalue weighted by atomic mass is 16.6. The molecule has 0 spiro atoms. The number of hydrogen-bond acceptors (Lipinski definition) is 1. The summed E-state index contributed by atoms with van der Waals surface area (Å²) in [6.07, 6.45) is 8.81. The molecular weight excluding hydrogens is 138 g/mol. The summed E-state index contributed by atoms with van der Waals surface area (Å²) in [5.41, 5.74) is 0. The lowest BCUT2D eigenvalue weighted by molar-refractivity contribution is 0.114. The Morgan fingerprint density at radius 2 is 1.45 bits per heavy atom. The topological polar surface area (TPSA) is 31.5 Å². The maximum Gasteiger partial charge on any atom is 0.0720 e. The minimum Gasteiger partial charge on any atom is -0.264 e. The molecule has 0 aromatic rings. The van der Waals surface area contributed by atoms with Crippen LogP contribution in [-0.4, -0.2) is 6.61 Å². The van der Waals surface area contributed by atoms with Crippen LogP contribution < -0.4 is 5.90 Å². The van der Waals surface area contributed by atoms with Crippen LogP contribution >= 0.6 is 0 Å². The van der Waals surface area contributed by atoms with E-state index in [1.807, 2.05) is 0 Å². The van der Waals surface area contributed by atoms with Crippen LogP contribution in [-0.2, 0) is 4.84 Å². The van der Waals surface area contributed by atoms with Gasteiger partial charge in [0.15, 0.2) is 0 Å². The van der Waals surface area contributed by atoms with Crippen LogP contribution in [0.5, 0.6) is 0 Å². The van der Waals surface area contributed by atoms with E-state index in [1.54, 1.807) is 0 Å². The SMILES string of the molecule is CCCCCCCCCO[N]. The molecule has 2 heteroatoms. The van der Waals surface area contributed by atoms with E-state index in [9.17, 15) is 0 Å². The largest absolute Gasteiger partial charge is 0.264 e. The van der Waals surface area contributed by atoms with Crippen molar-refractivity contribution >= 4 is 0 Å². The number of nitrogens with zero attached hydrogens (tertiary/aromatic N) is 1. The van der Waals surface area contributed by atoms with Gasteiger partial charge in [-0.3, -0.25) is 4.84 Å². The quantitative estimate of drug-likeness (QED) is 0.394. The molecule has 0 bridgehead atoms. The van der Waals surface area contributed by atoms with Gasteiger partial charge in [0, 0.05) is 5.90 Å². The highest BCUT2D eigenvalue weighted by molar-refractivity contribution is 4.43. The number of unbranched alkanes of at least 4 members (excludes halogenated alkanes) is 6. The van der Waals surface area contributed by atoms with Crippen LogP contribution in [0.2, 0.25) is 0 Å². The number of hydrogen-bond donors (Lipinski definition) is 0. The second-order valence-electron chi connectivity index (χ2n) is 2.95. The van der Waals surface area contributed by atoms with Gasteiger partial charge in [-0.05, 0) is 6.42 Å². The van der Waals surface area contributed by atoms with E-state index >= 15 is 0 Å². The number of rotatable bonds is 8. The Hall–Kier alpha value is -0.0800. The Morgan fingerprint density at radius 3 is 2.00 bits per heavy atom. The summed E-state index contributed by atoms with van der Waals surface area (Å²) in [7, 11) is 0. The van der Waals surface area contributed by atoms with E-state index in [-0.39, 0.29) is 0 Å². The Labute approximate surface area is 70.1 Å². The van der Waals surface area contributed by atoms with Crippen LogP contribution in [0.15, 0.2) is 0 Å². The van der Waals surface area contributed by atoms with E-state index in [2.05, 4.69) is 11.8 Å². The van der Waals surface area contributed by atoms with Crippen molar-refractivity contribution in [3.63, 3.8) is 0 Å². The van der Waals surface area contributed by atoms with Crippen molar-refractivity contribution in [1.29, 1.82) is 0 Å². The van der Waals surface area contributed by atoms with E-state index < -0.39 is 0 Å². The molecular formula is C9H19NO. The molecule has 0 unspecified atom stereocenters. The van der Waals surface area contributed by atoms with Gasteiger partial charge < -0.3 is 0 Å². The van der Waals surface area contributed by atoms with Gasteiger partial charge in [-0.2, -0.15) is 0 Å². The Balaban J connectivity index is 2.69. The van der Waals surface area contributed by atoms with Gasteiger partial charge in [0.2, 0.25) is 0 Å². The fourth-order valence-corrected chi connectivity index (χ4v) is 1.12. The molecule has 2 radical (unpaired) electrons. The first-order valence-electron chi connectivity index (χ1n) is 4.68. The smallest absolute Gasteiger partial charge is 0.0720 e. The zero-order valence-corrected chi connectivity index (χ0v) is 7.51. The van der Waals surface area contributed by atoms with Crippen molar-refractivity contribution in [3.8, 4) is 0 Å². The van der Waals surface area contributed by atoms with Gasteiger partial charge in [-0.25, -0.2) is 0 Å². The van der Waals surface area contributed by atoms with Crippen molar-refractivity contribution in [2.75, 3.05) is 6.61 Å². The van der Waals surface area contributed by atoms with Crippen molar-refractivity contribution in [1.82, 2.24) is 5.90 Å². The second kappa shape index (κ2) is 9.92. The minimum absolute atomic E-state index is 0.494. The summed E-state index contributed by atoms with van der Waals surface area (Å²) in [5, 5.41) is 0. The third kappa shape index (κ3) is 9.92. The molecule has 0 aromatic heterocycles. The van der Waals surface area contributed by atoms with E-state index in [4.69, 9.17) is 5.90 Å². The molecule has 0 rings (SSSR count). The first-order chi connectivity index (χ1) is 5.41. The summed E-state index contributed by atoms with van der Waals surface area (Å²) in [4.78, 5) is 3.97. The second-order valence-corrected chi connectivity index (χ2v) is 2.95. The average molecular weight is 157 g/mol. The van der Waals surface area contributed by atoms with Gasteiger partial charge >= 0.3 is 0 Å². The molecule has 0 aliphatic heterocycles. The molecule has 0 atom stereocenters. The van der Waals surface area contributed by atoms with Crippen molar-refractivity contribution in [2.24, 2.45) is 0 Å². The van der Waals surface area contributed by atoms with Crippen LogP contribution in [0, 0.1) is 0 Å². The maximum absolute atomic E-state index is 8.01. The van der Waals surface area contributed by atoms with E-state index in [0.717, 1.165) is 6.42 Å². The van der Waals surface area contributed by atoms with Gasteiger partial charge in [0.1, 0.15) is 0 Å². The lowest BCUT2D eigenvalue weighted by Gasteiger charge is -1.98. The summed E-state index contributed by atoms with van der Waals surface area (Å²) in [5.74, 6) is 8.01. The molecule has 66 valence electrons. The first-order valence-corrected chi connectivity index (χ1v) is 4.68. The summed E-state index contributed by atoms with van der Waals surface area (Å²) >= 11 is 0. The zero-order chi connectivity index (χ0) is 8.36. The highest BCUT2D eigenvalue weighted by Crippen LogP contribution is 2.06. The third-order valence-corrected chi connectivity index (χ3v) is 1.84. The molecule has 0 N–H and O–H groups in total. The Kier molecular flexibility index (Phi) is 9.85. The fourth-order valence-electron chi connectivity index (χ4n) is 1.12. The zero-order valence-electron chi connectivity index (χ0n) is 7.51. The summed E-state index contributed by atoms with van der Waals surface area (Å²) in [6, 6.07) is 0. The lowest BCUT2D eigenvalue weighted by Crippen LogP contribution is -1.90. The molecule has 0 heterocycles. The summed E-state index contributed by atoms with van der Waals surface area (Å²) < 4.78 is 0. The van der Waals surface area contributed by atoms with Crippen LogP contribution in [0.1, 0.15) is 51.9 Å². The van der Waals surface area contributed by atoms with Gasteiger partial charge in [0.25, 0.3) is 0 Å². The lowest BCUT2D eigenvalue weighted by atomic mass is 10.1. The summed E-state index contributed by atoms with van der Waals surface area (Å²) in [6.45, 7) is 2.72. The molecule has 0 aromatic carbocycles. The first kappa shape index (κ1) is 10.9. The van der Waals surface area contributed by atoms with Crippen LogP contribution in [0.25, 0.3) is 0 Å². The normalized spacial score (nSPS) is 10.4. The van der Waals surface area contributed by atoms with Gasteiger partial charge in [-0.15, -0.1) is 0 Å². The maximum atomic E-state index is 8.01. The van der Waals surface area contributed by atoms with Crippen molar-refractivity contribution in [2.45, 2.75) is 51.9 Å². The molecule has 0 aliphatic rings. The molecule has 2 nitrogen and oxygen atoms in total. The third-order valence-electron chi connectivity index (χ3n) is 1.84. The Bertz CT molecular complexity index is 58.6. The molecule has 11 heavy (non-hydrogen) atoms. The van der Waals surface area contributed by atoms with Crippen LogP contribution in [0.3, 0.4) is 0 Å². The predicted molar refractivity (Wildman–Crippen MR) is 46.1 cm³/mol. The van der Waals surface area contributed by atoms with Crippen molar-refractivity contribution < 1.29 is 4.84 Å². The van der Waals surface area contributed by atoms with Crippen molar-refractivity contribution in [3.05, 3.63) is 0 Å². The molecule has 0 saturated heterocycles. The molecule has 0 aliphatic carbocycles. The van der Waals surface area contributed by atoms with Crippen LogP contribution in [0.4, 0.5) is 0 Å².